The molecule has 2 aromatic rings. The van der Waals surface area contributed by atoms with Gasteiger partial charge in [0.1, 0.15) is 24.0 Å². The Morgan fingerprint density at radius 1 is 0.918 bits per heavy atom. The highest BCUT2D eigenvalue weighted by molar-refractivity contribution is 6.32. The molecule has 2 heterocycles. The van der Waals surface area contributed by atoms with Gasteiger partial charge < -0.3 is 29.6 Å². The number of methoxy groups -OCH3 is 1. The molecule has 2 aliphatic heterocycles. The summed E-state index contributed by atoms with van der Waals surface area (Å²) in [5, 5.41) is 6.14. The molecule has 0 aromatic heterocycles. The highest BCUT2D eigenvalue weighted by atomic mass is 35.5. The molecule has 2 amide bonds. The number of halogens is 1. The van der Waals surface area contributed by atoms with E-state index in [2.05, 4.69) is 10.6 Å². The second-order valence-electron chi connectivity index (χ2n) is 13.8. The molecule has 11 heteroatoms. The molecular formula is C38H49ClN2O8. The summed E-state index contributed by atoms with van der Waals surface area (Å²) in [6, 6.07) is 13.4. The van der Waals surface area contributed by atoms with Gasteiger partial charge in [0.2, 0.25) is 11.8 Å². The zero-order valence-electron chi connectivity index (χ0n) is 29.1. The Morgan fingerprint density at radius 2 is 1.63 bits per heavy atom. The lowest BCUT2D eigenvalue weighted by Gasteiger charge is -2.27. The maximum absolute atomic E-state index is 13.7. The number of hydrogen-bond acceptors (Lipinski definition) is 8. The number of amides is 2. The minimum absolute atomic E-state index is 0.0306. The fraction of sp³-hybridized carbons (Fsp3) is 0.526. The summed E-state index contributed by atoms with van der Waals surface area (Å²) in [7, 11) is 1.51. The summed E-state index contributed by atoms with van der Waals surface area (Å²) >= 11 is 6.36. The number of nitrogens with one attached hydrogen (secondary N) is 2. The van der Waals surface area contributed by atoms with E-state index in [-0.39, 0.29) is 55.6 Å². The molecule has 2 N–H and O–H groups in total. The Bertz CT molecular complexity index is 1480. The van der Waals surface area contributed by atoms with Crippen LogP contribution in [0.15, 0.2) is 60.7 Å². The third-order valence-electron chi connectivity index (χ3n) is 8.69. The van der Waals surface area contributed by atoms with E-state index in [4.69, 9.17) is 30.5 Å². The minimum atomic E-state index is -1.13. The number of carbonyl (C=O) groups is 4. The third-order valence-corrected chi connectivity index (χ3v) is 8.99. The summed E-state index contributed by atoms with van der Waals surface area (Å²) in [4.78, 5) is 54.0. The lowest BCUT2D eigenvalue weighted by Crippen LogP contribution is -2.51. The van der Waals surface area contributed by atoms with Crippen molar-refractivity contribution in [1.82, 2.24) is 10.6 Å². The van der Waals surface area contributed by atoms with Crippen molar-refractivity contribution in [3.63, 3.8) is 0 Å². The summed E-state index contributed by atoms with van der Waals surface area (Å²) in [5.74, 6) is -1.82. The van der Waals surface area contributed by atoms with Crippen molar-refractivity contribution in [2.24, 2.45) is 17.8 Å². The van der Waals surface area contributed by atoms with Gasteiger partial charge in [0, 0.05) is 24.8 Å². The van der Waals surface area contributed by atoms with Crippen LogP contribution < -0.4 is 15.4 Å². The number of carbonyl (C=O) groups excluding carboxylic acids is 4. The molecule has 2 aromatic carbocycles. The van der Waals surface area contributed by atoms with Crippen LogP contribution in [0.5, 0.6) is 5.75 Å². The predicted molar refractivity (Wildman–Crippen MR) is 186 cm³/mol. The predicted octanol–water partition coefficient (Wildman–Crippen LogP) is 5.90. The normalized spacial score (nSPS) is 26.7. The lowest BCUT2D eigenvalue weighted by molar-refractivity contribution is -0.174. The highest BCUT2D eigenvalue weighted by Gasteiger charge is 2.47. The van der Waals surface area contributed by atoms with Crippen molar-refractivity contribution >= 4 is 35.4 Å². The summed E-state index contributed by atoms with van der Waals surface area (Å²) in [6.45, 7) is 9.76. The van der Waals surface area contributed by atoms with Crippen molar-refractivity contribution in [2.45, 2.75) is 103 Å². The number of epoxide rings is 1. The van der Waals surface area contributed by atoms with Gasteiger partial charge in [0.15, 0.2) is 6.10 Å². The molecule has 266 valence electrons. The van der Waals surface area contributed by atoms with E-state index in [1.807, 2.05) is 65.0 Å². The van der Waals surface area contributed by atoms with Gasteiger partial charge in [-0.25, -0.2) is 4.79 Å². The van der Waals surface area contributed by atoms with Crippen LogP contribution in [-0.2, 0) is 39.8 Å². The van der Waals surface area contributed by atoms with Gasteiger partial charge in [0.05, 0.1) is 24.7 Å². The first-order valence-corrected chi connectivity index (χ1v) is 17.4. The van der Waals surface area contributed by atoms with E-state index in [0.717, 1.165) is 5.56 Å². The first-order chi connectivity index (χ1) is 23.3. The van der Waals surface area contributed by atoms with Crippen molar-refractivity contribution in [2.75, 3.05) is 7.11 Å². The molecule has 0 spiro atoms. The molecule has 0 saturated carbocycles. The van der Waals surface area contributed by atoms with Gasteiger partial charge in [-0.2, -0.15) is 0 Å². The molecule has 49 heavy (non-hydrogen) atoms. The van der Waals surface area contributed by atoms with Crippen molar-refractivity contribution in [3.8, 4) is 5.75 Å². The first-order valence-electron chi connectivity index (χ1n) is 17.0. The van der Waals surface area contributed by atoms with E-state index in [1.54, 1.807) is 24.3 Å². The van der Waals surface area contributed by atoms with Gasteiger partial charge in [0.25, 0.3) is 0 Å². The Balaban J connectivity index is 1.63. The molecule has 7 atom stereocenters. The number of esters is 2. The first kappa shape index (κ1) is 37.9. The van der Waals surface area contributed by atoms with E-state index < -0.39 is 48.0 Å². The lowest BCUT2D eigenvalue weighted by atomic mass is 9.93. The second-order valence-corrected chi connectivity index (χ2v) is 14.2. The topological polar surface area (TPSA) is 133 Å². The Kier molecular flexibility index (Phi) is 13.7. The van der Waals surface area contributed by atoms with Crippen LogP contribution in [0.25, 0.3) is 0 Å². The SMILES string of the molecule is COc1ccc(C[C@H]2NC(=O)/C=C/C[C@@H]([C@H](C)[C@H]3O[C@@H]3c3ccccc3)OC(=O)[C@H](CC(C)C)OC(=O)C[C@@H](CC(C)C)NC2=O)cc1Cl. The number of ether oxygens (including phenoxy) is 4. The molecule has 2 aliphatic rings. The second kappa shape index (κ2) is 17.7. The standard InChI is InChI=1S/C38H49ClN2O8/c1-22(2)17-27-21-34(43)47-32(18-23(3)4)38(45)48-30(24(5)35-36(49-35)26-11-8-7-9-12-26)13-10-14-33(42)41-29(37(44)40-27)20-25-15-16-31(46-6)28(39)19-25/h7-12,14-16,19,22-24,27,29-30,32,35-36H,13,17-18,20-21H2,1-6H3,(H,40,44)(H,41,42)/b14-10+/t24-,27+,29+,30-,32-,35+,36+/m0/s1. The molecule has 10 nitrogen and oxygen atoms in total. The maximum atomic E-state index is 13.7. The third kappa shape index (κ3) is 11.3. The van der Waals surface area contributed by atoms with Crippen LogP contribution >= 0.6 is 11.6 Å². The van der Waals surface area contributed by atoms with Crippen molar-refractivity contribution in [1.29, 1.82) is 0 Å². The molecule has 0 unspecified atom stereocenters. The van der Waals surface area contributed by atoms with Gasteiger partial charge in [-0.1, -0.05) is 88.7 Å². The smallest absolute Gasteiger partial charge is 0.347 e. The van der Waals surface area contributed by atoms with Gasteiger partial charge in [-0.15, -0.1) is 0 Å². The van der Waals surface area contributed by atoms with Crippen LogP contribution in [0.1, 0.15) is 77.5 Å². The van der Waals surface area contributed by atoms with E-state index in [1.165, 1.54) is 13.2 Å². The number of benzene rings is 2. The van der Waals surface area contributed by atoms with E-state index >= 15 is 0 Å². The molecule has 1 fully saturated rings. The minimum Gasteiger partial charge on any atom is -0.495 e. The van der Waals surface area contributed by atoms with E-state index in [9.17, 15) is 19.2 Å². The van der Waals surface area contributed by atoms with Crippen LogP contribution in [0.3, 0.4) is 0 Å². The van der Waals surface area contributed by atoms with Crippen LogP contribution in [0.2, 0.25) is 5.02 Å². The van der Waals surface area contributed by atoms with Crippen LogP contribution in [0, 0.1) is 17.8 Å². The van der Waals surface area contributed by atoms with Crippen LogP contribution in [0.4, 0.5) is 0 Å². The molecule has 0 aliphatic carbocycles. The highest BCUT2D eigenvalue weighted by Crippen LogP contribution is 2.45. The van der Waals surface area contributed by atoms with Crippen molar-refractivity contribution < 1.29 is 38.1 Å². The Morgan fingerprint density at radius 3 is 2.29 bits per heavy atom. The number of hydrogen-bond donors (Lipinski definition) is 2. The summed E-state index contributed by atoms with van der Waals surface area (Å²) < 4.78 is 23.1. The summed E-state index contributed by atoms with van der Waals surface area (Å²) in [5.41, 5.74) is 1.73. The zero-order chi connectivity index (χ0) is 35.7. The van der Waals surface area contributed by atoms with Crippen LogP contribution in [-0.4, -0.2) is 61.3 Å². The van der Waals surface area contributed by atoms with E-state index in [0.29, 0.717) is 22.8 Å². The van der Waals surface area contributed by atoms with Gasteiger partial charge in [-0.3, -0.25) is 14.4 Å². The van der Waals surface area contributed by atoms with Gasteiger partial charge >= 0.3 is 11.9 Å². The molecule has 0 bridgehead atoms. The average Bonchev–Trinajstić information content (AvgIpc) is 3.84. The monoisotopic (exact) mass is 696 g/mol. The molecule has 1 saturated heterocycles. The number of rotatable bonds is 10. The van der Waals surface area contributed by atoms with Crippen molar-refractivity contribution in [3.05, 3.63) is 76.8 Å². The zero-order valence-corrected chi connectivity index (χ0v) is 29.9. The maximum Gasteiger partial charge on any atom is 0.347 e. The molecule has 0 radical (unpaired) electrons. The largest absolute Gasteiger partial charge is 0.495 e. The van der Waals surface area contributed by atoms with Gasteiger partial charge in [-0.05, 0) is 54.0 Å². The Hall–Kier alpha value is -3.89. The fourth-order valence-corrected chi connectivity index (χ4v) is 6.43. The molecular weight excluding hydrogens is 648 g/mol. The molecule has 4 rings (SSSR count). The fourth-order valence-electron chi connectivity index (χ4n) is 6.14. The quantitative estimate of drug-likeness (QED) is 0.232. The Labute approximate surface area is 294 Å². The number of cyclic esters (lactones) is 2. The summed E-state index contributed by atoms with van der Waals surface area (Å²) in [6.07, 6.45) is 1.74. The average molecular weight is 697 g/mol.